The number of hydrogen-bond acceptors (Lipinski definition) is 3. The maximum absolute atomic E-state index is 13.0. The first-order valence-electron chi connectivity index (χ1n) is 6.21. The average molecular weight is 297 g/mol. The number of piperidine rings is 1. The van der Waals surface area contributed by atoms with Gasteiger partial charge in [-0.25, -0.2) is 4.79 Å². The van der Waals surface area contributed by atoms with E-state index in [-0.39, 0.29) is 13.0 Å². The molecule has 1 amide bonds. The highest BCUT2D eigenvalue weighted by molar-refractivity contribution is 5.72. The lowest BCUT2D eigenvalue weighted by atomic mass is 9.91. The second-order valence-electron chi connectivity index (χ2n) is 5.79. The molecule has 1 aliphatic rings. The molecular weight excluding hydrogens is 279 g/mol. The van der Waals surface area contributed by atoms with Crippen LogP contribution in [0.3, 0.4) is 0 Å². The second kappa shape index (κ2) is 5.49. The van der Waals surface area contributed by atoms with Crippen LogP contribution in [-0.2, 0) is 9.53 Å². The average Bonchev–Trinajstić information content (AvgIpc) is 2.24. The third-order valence-electron chi connectivity index (χ3n) is 2.96. The van der Waals surface area contributed by atoms with Crippen LogP contribution in [0.15, 0.2) is 0 Å². The number of halogens is 3. The van der Waals surface area contributed by atoms with Crippen LogP contribution < -0.4 is 0 Å². The molecule has 1 heterocycles. The number of carbonyl (C=O) groups excluding carboxylic acids is 1. The van der Waals surface area contributed by atoms with E-state index in [0.29, 0.717) is 4.90 Å². The topological polar surface area (TPSA) is 66.8 Å². The third-order valence-corrected chi connectivity index (χ3v) is 2.96. The zero-order valence-corrected chi connectivity index (χ0v) is 11.5. The van der Waals surface area contributed by atoms with E-state index >= 15 is 0 Å². The molecule has 116 valence electrons. The third kappa shape index (κ3) is 4.28. The number of ether oxygens (including phenoxy) is 1. The summed E-state index contributed by atoms with van der Waals surface area (Å²) in [5.74, 6) is -2.37. The lowest BCUT2D eigenvalue weighted by Gasteiger charge is -2.39. The van der Waals surface area contributed by atoms with E-state index in [9.17, 15) is 22.8 Å². The van der Waals surface area contributed by atoms with Crippen LogP contribution in [0.4, 0.5) is 18.0 Å². The van der Waals surface area contributed by atoms with Crippen molar-refractivity contribution in [2.24, 2.45) is 5.92 Å². The highest BCUT2D eigenvalue weighted by Crippen LogP contribution is 2.35. The van der Waals surface area contributed by atoms with E-state index in [1.807, 2.05) is 0 Å². The summed E-state index contributed by atoms with van der Waals surface area (Å²) in [5, 5.41) is 8.83. The number of nitrogens with zero attached hydrogens (tertiary/aromatic N) is 1. The van der Waals surface area contributed by atoms with Gasteiger partial charge < -0.3 is 9.84 Å². The Labute approximate surface area is 114 Å². The molecule has 0 aliphatic carbocycles. The molecule has 20 heavy (non-hydrogen) atoms. The number of carboxylic acid groups (broad SMARTS) is 1. The van der Waals surface area contributed by atoms with Crippen LogP contribution in [0.5, 0.6) is 0 Å². The number of alkyl halides is 3. The minimum Gasteiger partial charge on any atom is -0.481 e. The maximum Gasteiger partial charge on any atom is 0.410 e. The van der Waals surface area contributed by atoms with Crippen LogP contribution in [-0.4, -0.2) is 46.4 Å². The molecule has 0 aromatic carbocycles. The normalized spacial score (nSPS) is 24.4. The summed E-state index contributed by atoms with van der Waals surface area (Å²) in [6.45, 7) is 4.38. The molecule has 2 atom stereocenters. The van der Waals surface area contributed by atoms with Crippen LogP contribution >= 0.6 is 0 Å². The summed E-state index contributed by atoms with van der Waals surface area (Å²) in [5.41, 5.74) is -0.906. The number of likely N-dealkylation sites (tertiary alicyclic amines) is 1. The van der Waals surface area contributed by atoms with Gasteiger partial charge in [0.25, 0.3) is 0 Å². The summed E-state index contributed by atoms with van der Waals surface area (Å²) >= 11 is 0. The van der Waals surface area contributed by atoms with Crippen molar-refractivity contribution >= 4 is 12.1 Å². The zero-order chi connectivity index (χ0) is 15.7. The highest BCUT2D eigenvalue weighted by Gasteiger charge is 2.50. The quantitative estimate of drug-likeness (QED) is 0.808. The number of aliphatic carboxylic acids is 1. The Balaban J connectivity index is 2.89. The molecule has 1 saturated heterocycles. The Morgan fingerprint density at radius 1 is 1.25 bits per heavy atom. The summed E-state index contributed by atoms with van der Waals surface area (Å²) in [6.07, 6.45) is -6.40. The van der Waals surface area contributed by atoms with Gasteiger partial charge in [-0.15, -0.1) is 0 Å². The van der Waals surface area contributed by atoms with Crippen LogP contribution in [0, 0.1) is 5.92 Å². The molecule has 2 unspecified atom stereocenters. The van der Waals surface area contributed by atoms with Gasteiger partial charge in [0.15, 0.2) is 0 Å². The van der Waals surface area contributed by atoms with Gasteiger partial charge in [0.2, 0.25) is 0 Å². The monoisotopic (exact) mass is 297 g/mol. The van der Waals surface area contributed by atoms with Crippen molar-refractivity contribution in [3.63, 3.8) is 0 Å². The summed E-state index contributed by atoms with van der Waals surface area (Å²) in [4.78, 5) is 23.2. The van der Waals surface area contributed by atoms with E-state index in [1.165, 1.54) is 0 Å². The largest absolute Gasteiger partial charge is 0.481 e. The van der Waals surface area contributed by atoms with E-state index in [1.54, 1.807) is 20.8 Å². The van der Waals surface area contributed by atoms with Gasteiger partial charge in [-0.3, -0.25) is 9.69 Å². The second-order valence-corrected chi connectivity index (χ2v) is 5.79. The van der Waals surface area contributed by atoms with Crippen molar-refractivity contribution in [3.05, 3.63) is 0 Å². The predicted octanol–water partition coefficient (Wildman–Crippen LogP) is 2.65. The van der Waals surface area contributed by atoms with Crippen molar-refractivity contribution in [1.29, 1.82) is 0 Å². The van der Waals surface area contributed by atoms with E-state index in [0.717, 1.165) is 0 Å². The molecule has 1 N–H and O–H groups in total. The van der Waals surface area contributed by atoms with E-state index in [2.05, 4.69) is 0 Å². The first kappa shape index (κ1) is 16.6. The Morgan fingerprint density at radius 2 is 1.80 bits per heavy atom. The van der Waals surface area contributed by atoms with Gasteiger partial charge in [0.05, 0.1) is 5.92 Å². The summed E-state index contributed by atoms with van der Waals surface area (Å²) in [7, 11) is 0. The first-order valence-corrected chi connectivity index (χ1v) is 6.21. The fraction of sp³-hybridized carbons (Fsp3) is 0.833. The minimum atomic E-state index is -4.68. The number of carbonyl (C=O) groups is 2. The van der Waals surface area contributed by atoms with Gasteiger partial charge in [-0.1, -0.05) is 0 Å². The molecule has 0 aromatic heterocycles. The zero-order valence-electron chi connectivity index (χ0n) is 11.5. The van der Waals surface area contributed by atoms with Crippen LogP contribution in [0.25, 0.3) is 0 Å². The summed E-state index contributed by atoms with van der Waals surface area (Å²) < 4.78 is 43.9. The molecular formula is C12H18F3NO4. The van der Waals surface area contributed by atoms with Gasteiger partial charge >= 0.3 is 18.2 Å². The van der Waals surface area contributed by atoms with E-state index in [4.69, 9.17) is 9.84 Å². The highest BCUT2D eigenvalue weighted by atomic mass is 19.4. The van der Waals surface area contributed by atoms with Crippen molar-refractivity contribution < 1.29 is 32.6 Å². The predicted molar refractivity (Wildman–Crippen MR) is 63.1 cm³/mol. The number of hydrogen-bond donors (Lipinski definition) is 1. The molecule has 0 aromatic rings. The van der Waals surface area contributed by atoms with Crippen LogP contribution in [0.2, 0.25) is 0 Å². The Kier molecular flexibility index (Phi) is 4.55. The lowest BCUT2D eigenvalue weighted by molar-refractivity contribution is -0.194. The summed E-state index contributed by atoms with van der Waals surface area (Å²) in [6, 6.07) is -2.12. The fourth-order valence-electron chi connectivity index (χ4n) is 2.04. The standard InChI is InChI=1S/C12H18F3NO4/c1-11(2,3)20-10(19)16-5-4-7(9(17)18)6-8(16)12(13,14)15/h7-8H,4-6H2,1-3H3,(H,17,18). The Hall–Kier alpha value is -1.47. The number of carboxylic acids is 1. The van der Waals surface area contributed by atoms with Gasteiger partial charge in [0, 0.05) is 6.54 Å². The maximum atomic E-state index is 13.0. The number of amides is 1. The van der Waals surface area contributed by atoms with Crippen LogP contribution in [0.1, 0.15) is 33.6 Å². The molecule has 0 radical (unpaired) electrons. The molecule has 1 fully saturated rings. The van der Waals surface area contributed by atoms with Gasteiger partial charge in [-0.05, 0) is 33.6 Å². The smallest absolute Gasteiger partial charge is 0.410 e. The Morgan fingerprint density at radius 3 is 2.20 bits per heavy atom. The van der Waals surface area contributed by atoms with Crippen molar-refractivity contribution in [2.45, 2.75) is 51.4 Å². The molecule has 1 rings (SSSR count). The molecule has 0 saturated carbocycles. The fourth-order valence-corrected chi connectivity index (χ4v) is 2.04. The van der Waals surface area contributed by atoms with Gasteiger partial charge in [-0.2, -0.15) is 13.2 Å². The molecule has 0 bridgehead atoms. The van der Waals surface area contributed by atoms with Gasteiger partial charge in [0.1, 0.15) is 11.6 Å². The SMILES string of the molecule is CC(C)(C)OC(=O)N1CCC(C(=O)O)CC1C(F)(F)F. The lowest BCUT2D eigenvalue weighted by Crippen LogP contribution is -2.55. The first-order chi connectivity index (χ1) is 8.92. The molecule has 1 aliphatic heterocycles. The minimum absolute atomic E-state index is 0.0127. The van der Waals surface area contributed by atoms with E-state index < -0.39 is 42.2 Å². The van der Waals surface area contributed by atoms with Crippen molar-refractivity contribution in [1.82, 2.24) is 4.90 Å². The van der Waals surface area contributed by atoms with Crippen molar-refractivity contribution in [3.8, 4) is 0 Å². The number of rotatable bonds is 1. The molecule has 5 nitrogen and oxygen atoms in total. The van der Waals surface area contributed by atoms with Crippen molar-refractivity contribution in [2.75, 3.05) is 6.54 Å². The molecule has 0 spiro atoms. The Bertz CT molecular complexity index is 389. The molecule has 8 heteroatoms.